The topological polar surface area (TPSA) is 52.6 Å². The minimum absolute atomic E-state index is 0.199. The standard InChI is InChI=1S/C26H36O4/c1-9-25(5,6)23(27)29-17(3)19-15-16-20(22-14-12-11-13-21(19)22)18(4)30-24(28)26(7,8)10-2/h11-18H,9-10H2,1-8H3. The largest absolute Gasteiger partial charge is 0.457 e. The molecule has 30 heavy (non-hydrogen) atoms. The molecule has 0 aliphatic carbocycles. The van der Waals surface area contributed by atoms with Gasteiger partial charge in [-0.3, -0.25) is 9.59 Å². The molecule has 0 heterocycles. The van der Waals surface area contributed by atoms with E-state index in [-0.39, 0.29) is 24.1 Å². The molecular weight excluding hydrogens is 376 g/mol. The lowest BCUT2D eigenvalue weighted by atomic mass is 9.90. The molecule has 0 aliphatic rings. The Balaban J connectivity index is 2.37. The molecule has 0 aromatic heterocycles. The van der Waals surface area contributed by atoms with Crippen molar-refractivity contribution in [1.29, 1.82) is 0 Å². The molecule has 0 saturated heterocycles. The first kappa shape index (κ1) is 23.9. The molecule has 0 spiro atoms. The summed E-state index contributed by atoms with van der Waals surface area (Å²) in [4.78, 5) is 25.1. The molecule has 0 fully saturated rings. The quantitative estimate of drug-likeness (QED) is 0.442. The van der Waals surface area contributed by atoms with E-state index in [9.17, 15) is 9.59 Å². The second-order valence-corrected chi connectivity index (χ2v) is 9.36. The number of carbonyl (C=O) groups excluding carboxylic acids is 2. The van der Waals surface area contributed by atoms with E-state index in [4.69, 9.17) is 9.47 Å². The van der Waals surface area contributed by atoms with Crippen LogP contribution in [0.1, 0.15) is 91.6 Å². The van der Waals surface area contributed by atoms with Crippen LogP contribution in [0.25, 0.3) is 10.8 Å². The van der Waals surface area contributed by atoms with E-state index < -0.39 is 10.8 Å². The summed E-state index contributed by atoms with van der Waals surface area (Å²) in [6.07, 6.45) is 0.683. The molecule has 4 nitrogen and oxygen atoms in total. The van der Waals surface area contributed by atoms with E-state index >= 15 is 0 Å². The Bertz CT molecular complexity index is 836. The SMILES string of the molecule is CCC(C)(C)C(=O)OC(C)c1ccc(C(C)OC(=O)C(C)(C)CC)c2ccccc12. The van der Waals surface area contributed by atoms with E-state index in [1.54, 1.807) is 0 Å². The molecule has 0 radical (unpaired) electrons. The first-order valence-corrected chi connectivity index (χ1v) is 10.9. The summed E-state index contributed by atoms with van der Waals surface area (Å²) in [5, 5.41) is 2.00. The third-order valence-electron chi connectivity index (χ3n) is 6.31. The highest BCUT2D eigenvalue weighted by Crippen LogP contribution is 2.35. The van der Waals surface area contributed by atoms with Gasteiger partial charge in [0.1, 0.15) is 12.2 Å². The van der Waals surface area contributed by atoms with Crippen LogP contribution in [0.4, 0.5) is 0 Å². The number of esters is 2. The van der Waals surface area contributed by atoms with Gasteiger partial charge in [-0.05, 0) is 65.2 Å². The molecule has 0 N–H and O–H groups in total. The summed E-state index contributed by atoms with van der Waals surface area (Å²) >= 11 is 0. The van der Waals surface area contributed by atoms with Gasteiger partial charge < -0.3 is 9.47 Å². The molecule has 2 atom stereocenters. The predicted molar refractivity (Wildman–Crippen MR) is 121 cm³/mol. The van der Waals surface area contributed by atoms with Gasteiger partial charge in [0.15, 0.2) is 0 Å². The molecule has 4 heteroatoms. The van der Waals surface area contributed by atoms with Crippen molar-refractivity contribution in [3.05, 3.63) is 47.5 Å². The molecule has 2 rings (SSSR count). The monoisotopic (exact) mass is 412 g/mol. The summed E-state index contributed by atoms with van der Waals surface area (Å²) in [6, 6.07) is 11.9. The lowest BCUT2D eigenvalue weighted by Crippen LogP contribution is -2.27. The zero-order valence-electron chi connectivity index (χ0n) is 19.7. The van der Waals surface area contributed by atoms with Gasteiger partial charge in [-0.2, -0.15) is 0 Å². The van der Waals surface area contributed by atoms with E-state index in [0.29, 0.717) is 0 Å². The highest BCUT2D eigenvalue weighted by Gasteiger charge is 2.31. The van der Waals surface area contributed by atoms with Crippen molar-refractivity contribution in [3.8, 4) is 0 Å². The molecule has 164 valence electrons. The van der Waals surface area contributed by atoms with E-state index in [1.165, 1.54) is 0 Å². The van der Waals surface area contributed by atoms with Crippen LogP contribution < -0.4 is 0 Å². The minimum Gasteiger partial charge on any atom is -0.457 e. The molecule has 0 amide bonds. The third-order valence-corrected chi connectivity index (χ3v) is 6.31. The second kappa shape index (κ2) is 9.20. The van der Waals surface area contributed by atoms with Crippen LogP contribution in [0.5, 0.6) is 0 Å². The Morgan fingerprint density at radius 2 is 1.07 bits per heavy atom. The molecule has 2 unspecified atom stereocenters. The van der Waals surface area contributed by atoms with Gasteiger partial charge in [-0.25, -0.2) is 0 Å². The highest BCUT2D eigenvalue weighted by atomic mass is 16.5. The number of rotatable bonds is 8. The van der Waals surface area contributed by atoms with Gasteiger partial charge in [-0.15, -0.1) is 0 Å². The predicted octanol–water partition coefficient (Wildman–Crippen LogP) is 6.92. The summed E-state index contributed by atoms with van der Waals surface area (Å²) in [5.41, 5.74) is 0.862. The second-order valence-electron chi connectivity index (χ2n) is 9.36. The zero-order chi connectivity index (χ0) is 22.7. The lowest BCUT2D eigenvalue weighted by Gasteiger charge is -2.26. The first-order valence-electron chi connectivity index (χ1n) is 10.9. The maximum Gasteiger partial charge on any atom is 0.312 e. The fraction of sp³-hybridized carbons (Fsp3) is 0.538. The van der Waals surface area contributed by atoms with E-state index in [1.807, 2.05) is 91.8 Å². The van der Waals surface area contributed by atoms with Gasteiger partial charge in [-0.1, -0.05) is 50.2 Å². The van der Waals surface area contributed by atoms with Crippen molar-refractivity contribution >= 4 is 22.7 Å². The summed E-state index contributed by atoms with van der Waals surface area (Å²) < 4.78 is 11.6. The van der Waals surface area contributed by atoms with Crippen LogP contribution in [0, 0.1) is 10.8 Å². The molecule has 2 aromatic rings. The molecule has 0 saturated carbocycles. The maximum atomic E-state index is 12.6. The van der Waals surface area contributed by atoms with Gasteiger partial charge in [0.05, 0.1) is 10.8 Å². The van der Waals surface area contributed by atoms with Crippen molar-refractivity contribution < 1.29 is 19.1 Å². The first-order chi connectivity index (χ1) is 13.9. The smallest absolute Gasteiger partial charge is 0.312 e. The normalized spacial score (nSPS) is 14.3. The average molecular weight is 413 g/mol. The Kier molecular flexibility index (Phi) is 7.33. The van der Waals surface area contributed by atoms with Gasteiger partial charge in [0.2, 0.25) is 0 Å². The van der Waals surface area contributed by atoms with Crippen molar-refractivity contribution in [3.63, 3.8) is 0 Å². The van der Waals surface area contributed by atoms with Crippen molar-refractivity contribution in [1.82, 2.24) is 0 Å². The number of ether oxygens (including phenoxy) is 2. The molecular formula is C26H36O4. The fourth-order valence-electron chi connectivity index (χ4n) is 3.11. The van der Waals surface area contributed by atoms with Gasteiger partial charge >= 0.3 is 11.9 Å². The number of carbonyl (C=O) groups is 2. The van der Waals surface area contributed by atoms with Crippen LogP contribution in [-0.2, 0) is 19.1 Å². The van der Waals surface area contributed by atoms with E-state index in [0.717, 1.165) is 34.7 Å². The summed E-state index contributed by atoms with van der Waals surface area (Å²) in [6.45, 7) is 15.4. The van der Waals surface area contributed by atoms with Crippen LogP contribution in [0.15, 0.2) is 36.4 Å². The Hall–Kier alpha value is -2.36. The Morgan fingerprint density at radius 1 is 0.733 bits per heavy atom. The molecule has 0 bridgehead atoms. The maximum absolute atomic E-state index is 12.6. The van der Waals surface area contributed by atoms with E-state index in [2.05, 4.69) is 0 Å². The molecule has 2 aromatic carbocycles. The summed E-state index contributed by atoms with van der Waals surface area (Å²) in [7, 11) is 0. The van der Waals surface area contributed by atoms with Gasteiger partial charge in [0, 0.05) is 11.1 Å². The third kappa shape index (κ3) is 5.03. The Labute approximate surface area is 181 Å². The fourth-order valence-corrected chi connectivity index (χ4v) is 3.11. The average Bonchev–Trinajstić information content (AvgIpc) is 2.72. The van der Waals surface area contributed by atoms with Crippen LogP contribution in [-0.4, -0.2) is 11.9 Å². The molecule has 0 aliphatic heterocycles. The van der Waals surface area contributed by atoms with Crippen molar-refractivity contribution in [2.24, 2.45) is 10.8 Å². The number of fused-ring (bicyclic) bond motifs is 1. The van der Waals surface area contributed by atoms with Crippen LogP contribution in [0.3, 0.4) is 0 Å². The van der Waals surface area contributed by atoms with Crippen LogP contribution in [0.2, 0.25) is 0 Å². The number of hydrogen-bond acceptors (Lipinski definition) is 4. The van der Waals surface area contributed by atoms with Crippen molar-refractivity contribution in [2.75, 3.05) is 0 Å². The number of hydrogen-bond donors (Lipinski definition) is 0. The minimum atomic E-state index is -0.515. The highest BCUT2D eigenvalue weighted by molar-refractivity contribution is 5.90. The van der Waals surface area contributed by atoms with Crippen LogP contribution >= 0.6 is 0 Å². The van der Waals surface area contributed by atoms with Gasteiger partial charge in [0.25, 0.3) is 0 Å². The zero-order valence-corrected chi connectivity index (χ0v) is 19.7. The number of benzene rings is 2. The summed E-state index contributed by atoms with van der Waals surface area (Å²) in [5.74, 6) is -0.399. The van der Waals surface area contributed by atoms with Crippen molar-refractivity contribution in [2.45, 2.75) is 80.4 Å². The lowest BCUT2D eigenvalue weighted by molar-refractivity contribution is -0.160. The Morgan fingerprint density at radius 3 is 1.37 bits per heavy atom.